The van der Waals surface area contributed by atoms with Crippen LogP contribution in [-0.2, 0) is 19.6 Å². The van der Waals surface area contributed by atoms with Crippen molar-refractivity contribution in [2.24, 2.45) is 0 Å². The average molecular weight is 305 g/mol. The second-order valence-corrected chi connectivity index (χ2v) is 6.18. The Balaban J connectivity index is 1.73. The molecule has 1 aromatic carbocycles. The van der Waals surface area contributed by atoms with Gasteiger partial charge in [0, 0.05) is 48.8 Å². The molecule has 0 spiro atoms. The van der Waals surface area contributed by atoms with Crippen LogP contribution in [-0.4, -0.2) is 22.1 Å². The summed E-state index contributed by atoms with van der Waals surface area (Å²) in [5.41, 5.74) is 2.31. The Hall–Kier alpha value is -1.52. The van der Waals surface area contributed by atoms with E-state index in [1.54, 1.807) is 0 Å². The largest absolute Gasteiger partial charge is 0.362 e. The molecule has 1 N–H and O–H groups in total. The molecular formula is C16H21ClN4. The zero-order valence-corrected chi connectivity index (χ0v) is 13.3. The Labute approximate surface area is 130 Å². The third kappa shape index (κ3) is 3.22. The summed E-state index contributed by atoms with van der Waals surface area (Å²) in [5.74, 6) is 1.11. The Morgan fingerprint density at radius 2 is 2.19 bits per heavy atom. The molecule has 0 fully saturated rings. The monoisotopic (exact) mass is 304 g/mol. The number of imidazole rings is 1. The molecule has 0 aliphatic carbocycles. The predicted octanol–water partition coefficient (Wildman–Crippen LogP) is 3.05. The lowest BCUT2D eigenvalue weighted by molar-refractivity contribution is 0.560. The summed E-state index contributed by atoms with van der Waals surface area (Å²) in [6, 6.07) is 6.80. The van der Waals surface area contributed by atoms with E-state index in [0.29, 0.717) is 6.04 Å². The fraction of sp³-hybridized carbons (Fsp3) is 0.438. The standard InChI is InChI=1S/C16H21ClN4/c1-12(2)19-10-13-3-4-14(9-15(13)17)21-8-7-20-6-5-18-16(20)11-21/h3-6,9,12,19H,7-8,10-11H2,1-2H3. The van der Waals surface area contributed by atoms with Crippen molar-refractivity contribution in [2.45, 2.75) is 39.5 Å². The minimum Gasteiger partial charge on any atom is -0.362 e. The van der Waals surface area contributed by atoms with Gasteiger partial charge in [0.15, 0.2) is 0 Å². The summed E-state index contributed by atoms with van der Waals surface area (Å²) in [5, 5.41) is 4.23. The SMILES string of the molecule is CC(C)NCc1ccc(N2CCn3ccnc3C2)cc1Cl. The molecule has 4 nitrogen and oxygen atoms in total. The van der Waals surface area contributed by atoms with Crippen molar-refractivity contribution in [1.29, 1.82) is 0 Å². The first-order valence-corrected chi connectivity index (χ1v) is 7.78. The summed E-state index contributed by atoms with van der Waals surface area (Å²) in [6.45, 7) is 7.89. The van der Waals surface area contributed by atoms with Crippen LogP contribution in [0.5, 0.6) is 0 Å². The molecule has 0 radical (unpaired) electrons. The number of nitrogens with zero attached hydrogens (tertiary/aromatic N) is 3. The lowest BCUT2D eigenvalue weighted by Gasteiger charge is -2.30. The van der Waals surface area contributed by atoms with Gasteiger partial charge in [-0.1, -0.05) is 31.5 Å². The van der Waals surface area contributed by atoms with Crippen LogP contribution in [0.25, 0.3) is 0 Å². The molecule has 2 heterocycles. The van der Waals surface area contributed by atoms with Gasteiger partial charge in [-0.15, -0.1) is 0 Å². The minimum absolute atomic E-state index is 0.460. The van der Waals surface area contributed by atoms with Crippen molar-refractivity contribution >= 4 is 17.3 Å². The molecule has 0 saturated carbocycles. The molecule has 0 bridgehead atoms. The van der Waals surface area contributed by atoms with E-state index in [2.05, 4.69) is 51.8 Å². The topological polar surface area (TPSA) is 33.1 Å². The quantitative estimate of drug-likeness (QED) is 0.942. The van der Waals surface area contributed by atoms with Crippen LogP contribution in [0, 0.1) is 0 Å². The number of nitrogens with one attached hydrogen (secondary N) is 1. The van der Waals surface area contributed by atoms with Crippen molar-refractivity contribution in [3.05, 3.63) is 47.0 Å². The van der Waals surface area contributed by atoms with E-state index in [9.17, 15) is 0 Å². The second-order valence-electron chi connectivity index (χ2n) is 5.77. The van der Waals surface area contributed by atoms with E-state index in [4.69, 9.17) is 11.6 Å². The van der Waals surface area contributed by atoms with E-state index in [1.165, 1.54) is 5.69 Å². The number of anilines is 1. The Bertz CT molecular complexity index is 620. The van der Waals surface area contributed by atoms with Crippen LogP contribution in [0.4, 0.5) is 5.69 Å². The van der Waals surface area contributed by atoms with Gasteiger partial charge in [0.05, 0.1) is 6.54 Å². The highest BCUT2D eigenvalue weighted by Crippen LogP contribution is 2.26. The van der Waals surface area contributed by atoms with Crippen LogP contribution in [0.2, 0.25) is 5.02 Å². The van der Waals surface area contributed by atoms with E-state index in [-0.39, 0.29) is 0 Å². The smallest absolute Gasteiger partial charge is 0.128 e. The maximum Gasteiger partial charge on any atom is 0.128 e. The van der Waals surface area contributed by atoms with E-state index in [0.717, 1.165) is 42.6 Å². The van der Waals surface area contributed by atoms with Crippen molar-refractivity contribution in [3.63, 3.8) is 0 Å². The molecule has 1 aromatic heterocycles. The van der Waals surface area contributed by atoms with Crippen LogP contribution >= 0.6 is 11.6 Å². The number of aromatic nitrogens is 2. The highest BCUT2D eigenvalue weighted by molar-refractivity contribution is 6.31. The van der Waals surface area contributed by atoms with Gasteiger partial charge in [-0.25, -0.2) is 4.98 Å². The molecule has 0 amide bonds. The van der Waals surface area contributed by atoms with Gasteiger partial charge in [-0.2, -0.15) is 0 Å². The first-order valence-electron chi connectivity index (χ1n) is 7.40. The van der Waals surface area contributed by atoms with Crippen molar-refractivity contribution in [3.8, 4) is 0 Å². The van der Waals surface area contributed by atoms with Gasteiger partial charge >= 0.3 is 0 Å². The lowest BCUT2D eigenvalue weighted by Crippen LogP contribution is -2.33. The normalized spacial score (nSPS) is 14.6. The Kier molecular flexibility index (Phi) is 4.17. The molecule has 112 valence electrons. The van der Waals surface area contributed by atoms with Crippen molar-refractivity contribution in [2.75, 3.05) is 11.4 Å². The summed E-state index contributed by atoms with van der Waals surface area (Å²) < 4.78 is 2.21. The maximum absolute atomic E-state index is 6.42. The van der Waals surface area contributed by atoms with Gasteiger partial charge in [0.1, 0.15) is 5.82 Å². The Morgan fingerprint density at radius 1 is 1.33 bits per heavy atom. The molecule has 1 aliphatic heterocycles. The van der Waals surface area contributed by atoms with Gasteiger partial charge in [0.25, 0.3) is 0 Å². The van der Waals surface area contributed by atoms with E-state index < -0.39 is 0 Å². The van der Waals surface area contributed by atoms with Crippen LogP contribution < -0.4 is 10.2 Å². The number of halogens is 1. The number of benzene rings is 1. The number of fused-ring (bicyclic) bond motifs is 1. The Morgan fingerprint density at radius 3 is 2.95 bits per heavy atom. The molecule has 0 atom stereocenters. The zero-order valence-electron chi connectivity index (χ0n) is 12.5. The molecular weight excluding hydrogens is 284 g/mol. The average Bonchev–Trinajstić information content (AvgIpc) is 2.93. The minimum atomic E-state index is 0.460. The number of hydrogen-bond donors (Lipinski definition) is 1. The highest BCUT2D eigenvalue weighted by Gasteiger charge is 2.17. The van der Waals surface area contributed by atoms with Crippen LogP contribution in [0.1, 0.15) is 25.2 Å². The van der Waals surface area contributed by atoms with Gasteiger partial charge in [0.2, 0.25) is 0 Å². The first-order chi connectivity index (χ1) is 10.1. The number of rotatable bonds is 4. The second kappa shape index (κ2) is 6.08. The molecule has 1 aliphatic rings. The van der Waals surface area contributed by atoms with E-state index >= 15 is 0 Å². The predicted molar refractivity (Wildman–Crippen MR) is 86.7 cm³/mol. The van der Waals surface area contributed by atoms with Crippen LogP contribution in [0.15, 0.2) is 30.6 Å². The molecule has 2 aromatic rings. The van der Waals surface area contributed by atoms with Crippen molar-refractivity contribution < 1.29 is 0 Å². The highest BCUT2D eigenvalue weighted by atomic mass is 35.5. The lowest BCUT2D eigenvalue weighted by atomic mass is 10.1. The maximum atomic E-state index is 6.42. The molecule has 0 saturated heterocycles. The number of hydrogen-bond acceptors (Lipinski definition) is 3. The van der Waals surface area contributed by atoms with E-state index in [1.807, 2.05) is 12.4 Å². The summed E-state index contributed by atoms with van der Waals surface area (Å²) in [7, 11) is 0. The van der Waals surface area contributed by atoms with Gasteiger partial charge < -0.3 is 14.8 Å². The summed E-state index contributed by atoms with van der Waals surface area (Å²) in [6.07, 6.45) is 3.91. The third-order valence-corrected chi connectivity index (χ3v) is 4.20. The van der Waals surface area contributed by atoms with Crippen LogP contribution in [0.3, 0.4) is 0 Å². The zero-order chi connectivity index (χ0) is 14.8. The fourth-order valence-corrected chi connectivity index (χ4v) is 2.83. The first kappa shape index (κ1) is 14.4. The summed E-state index contributed by atoms with van der Waals surface area (Å²) >= 11 is 6.42. The third-order valence-electron chi connectivity index (χ3n) is 3.85. The molecule has 0 unspecified atom stereocenters. The fourth-order valence-electron chi connectivity index (χ4n) is 2.58. The summed E-state index contributed by atoms with van der Waals surface area (Å²) in [4.78, 5) is 6.73. The molecule has 3 rings (SSSR count). The van der Waals surface area contributed by atoms with Crippen molar-refractivity contribution in [1.82, 2.24) is 14.9 Å². The molecule has 5 heteroatoms. The van der Waals surface area contributed by atoms with Gasteiger partial charge in [-0.3, -0.25) is 0 Å². The molecule has 21 heavy (non-hydrogen) atoms. The van der Waals surface area contributed by atoms with Gasteiger partial charge in [-0.05, 0) is 17.7 Å².